The highest BCUT2D eigenvalue weighted by molar-refractivity contribution is 5.76. The number of nitrogens with one attached hydrogen (secondary N) is 1. The van der Waals surface area contributed by atoms with Gasteiger partial charge in [0.1, 0.15) is 24.4 Å². The Morgan fingerprint density at radius 1 is 0.407 bits per heavy atom. The number of aliphatic hydroxyl groups excluding tert-OH is 5. The summed E-state index contributed by atoms with van der Waals surface area (Å²) in [5.41, 5.74) is 0. The number of amides is 1. The SMILES string of the molecule is CCCCCCCCCCCCCC/C=C/CC/C=C/C(O)C(COC1OC(CO)C(O)C(O)C1O)NC(=O)CCCCCCCCCCCCCCCCCCCCCCCCCCCCCCCCCCCCCCCCCC. The van der Waals surface area contributed by atoms with Crippen molar-refractivity contribution in [1.29, 1.82) is 0 Å². The first-order valence-electron chi connectivity index (χ1n) is 36.1. The second-order valence-corrected chi connectivity index (χ2v) is 25.4. The van der Waals surface area contributed by atoms with Crippen LogP contribution in [-0.4, -0.2) is 87.5 Å². The lowest BCUT2D eigenvalue weighted by Gasteiger charge is -2.40. The van der Waals surface area contributed by atoms with Crippen molar-refractivity contribution in [3.8, 4) is 0 Å². The average molecular weight is 1150 g/mol. The van der Waals surface area contributed by atoms with Gasteiger partial charge in [-0.25, -0.2) is 0 Å². The number of hydrogen-bond donors (Lipinski definition) is 6. The molecule has 480 valence electrons. The highest BCUT2D eigenvalue weighted by Gasteiger charge is 2.44. The van der Waals surface area contributed by atoms with Gasteiger partial charge < -0.3 is 40.3 Å². The molecule has 9 nitrogen and oxygen atoms in total. The highest BCUT2D eigenvalue weighted by atomic mass is 16.7. The molecule has 0 radical (unpaired) electrons. The van der Waals surface area contributed by atoms with Crippen LogP contribution in [0.1, 0.15) is 373 Å². The fraction of sp³-hybridized carbons (Fsp3) is 0.931. The van der Waals surface area contributed by atoms with Gasteiger partial charge in [-0.1, -0.05) is 359 Å². The summed E-state index contributed by atoms with van der Waals surface area (Å²) in [5.74, 6) is -0.178. The van der Waals surface area contributed by atoms with E-state index in [0.29, 0.717) is 6.42 Å². The van der Waals surface area contributed by atoms with Gasteiger partial charge in [-0.05, 0) is 32.1 Å². The maximum absolute atomic E-state index is 13.1. The predicted octanol–water partition coefficient (Wildman–Crippen LogP) is 19.6. The molecule has 1 heterocycles. The van der Waals surface area contributed by atoms with E-state index in [9.17, 15) is 30.3 Å². The lowest BCUT2D eigenvalue weighted by atomic mass is 9.99. The lowest BCUT2D eigenvalue weighted by molar-refractivity contribution is -0.302. The van der Waals surface area contributed by atoms with Crippen LogP contribution in [0, 0.1) is 0 Å². The van der Waals surface area contributed by atoms with Crippen molar-refractivity contribution in [2.75, 3.05) is 13.2 Å². The van der Waals surface area contributed by atoms with E-state index in [1.807, 2.05) is 6.08 Å². The summed E-state index contributed by atoms with van der Waals surface area (Å²) in [6.07, 6.45) is 74.6. The Kier molecular flexibility index (Phi) is 59.2. The molecule has 0 aromatic carbocycles. The van der Waals surface area contributed by atoms with Gasteiger partial charge in [0.2, 0.25) is 5.91 Å². The zero-order chi connectivity index (χ0) is 58.6. The molecule has 1 saturated heterocycles. The topological polar surface area (TPSA) is 149 Å². The van der Waals surface area contributed by atoms with E-state index in [1.54, 1.807) is 6.08 Å². The Hall–Kier alpha value is -1.33. The largest absolute Gasteiger partial charge is 0.394 e. The summed E-state index contributed by atoms with van der Waals surface area (Å²) in [5, 5.41) is 54.6. The van der Waals surface area contributed by atoms with E-state index in [2.05, 4.69) is 31.3 Å². The van der Waals surface area contributed by atoms with Crippen molar-refractivity contribution >= 4 is 5.91 Å². The lowest BCUT2D eigenvalue weighted by Crippen LogP contribution is -2.60. The minimum atomic E-state index is -1.57. The molecule has 1 fully saturated rings. The molecule has 0 spiro atoms. The Bertz CT molecular complexity index is 1330. The maximum atomic E-state index is 13.1. The van der Waals surface area contributed by atoms with E-state index in [-0.39, 0.29) is 12.5 Å². The molecule has 7 unspecified atom stereocenters. The van der Waals surface area contributed by atoms with Crippen molar-refractivity contribution in [2.24, 2.45) is 0 Å². The van der Waals surface area contributed by atoms with Crippen LogP contribution in [0.3, 0.4) is 0 Å². The summed E-state index contributed by atoms with van der Waals surface area (Å²) >= 11 is 0. The molecule has 9 heteroatoms. The van der Waals surface area contributed by atoms with Crippen LogP contribution in [0.5, 0.6) is 0 Å². The molecule has 0 aromatic rings. The number of aliphatic hydroxyl groups is 5. The molecule has 81 heavy (non-hydrogen) atoms. The molecule has 6 N–H and O–H groups in total. The number of hydrogen-bond acceptors (Lipinski definition) is 8. The normalized spacial score (nSPS) is 18.4. The van der Waals surface area contributed by atoms with Crippen LogP contribution in [0.25, 0.3) is 0 Å². The Morgan fingerprint density at radius 3 is 1.04 bits per heavy atom. The standard InChI is InChI=1S/C72H139NO8/c1-3-5-7-9-11-13-15-17-19-21-23-24-25-26-27-28-29-30-31-32-33-34-35-36-37-38-39-40-41-42-43-44-46-48-50-52-54-56-58-60-62-68(76)73-65(64-80-72-71(79)70(78)69(77)67(63-74)81-72)66(75)61-59-57-55-53-51-49-47-45-22-20-18-16-14-12-10-8-6-4-2/h51,53,59,61,65-67,69-72,74-75,77-79H,3-50,52,54-58,60,62-64H2,1-2H3,(H,73,76)/b53-51+,61-59+. The molecular weight excluding hydrogens is 1010 g/mol. The number of rotatable bonds is 64. The molecule has 0 saturated carbocycles. The minimum Gasteiger partial charge on any atom is -0.394 e. The first kappa shape index (κ1) is 77.7. The van der Waals surface area contributed by atoms with Crippen molar-refractivity contribution in [1.82, 2.24) is 5.32 Å². The van der Waals surface area contributed by atoms with Crippen LogP contribution in [-0.2, 0) is 14.3 Å². The third-order valence-corrected chi connectivity index (χ3v) is 17.5. The van der Waals surface area contributed by atoms with Gasteiger partial charge >= 0.3 is 0 Å². The average Bonchev–Trinajstić information content (AvgIpc) is 3.47. The number of unbranched alkanes of at least 4 members (excludes halogenated alkanes) is 52. The summed E-state index contributed by atoms with van der Waals surface area (Å²) < 4.78 is 11.3. The molecule has 0 aliphatic carbocycles. The monoisotopic (exact) mass is 1150 g/mol. The molecule has 1 aliphatic heterocycles. The van der Waals surface area contributed by atoms with Gasteiger partial charge in [0.15, 0.2) is 6.29 Å². The fourth-order valence-corrected chi connectivity index (χ4v) is 11.9. The minimum absolute atomic E-state index is 0.178. The number of carbonyl (C=O) groups excluding carboxylic acids is 1. The Balaban J connectivity index is 2.03. The van der Waals surface area contributed by atoms with Gasteiger partial charge in [-0.3, -0.25) is 4.79 Å². The van der Waals surface area contributed by atoms with E-state index in [1.165, 1.54) is 315 Å². The molecular formula is C72H139NO8. The van der Waals surface area contributed by atoms with E-state index in [0.717, 1.165) is 38.5 Å². The third kappa shape index (κ3) is 50.5. The van der Waals surface area contributed by atoms with Gasteiger partial charge in [-0.2, -0.15) is 0 Å². The zero-order valence-electron chi connectivity index (χ0n) is 53.8. The van der Waals surface area contributed by atoms with E-state index < -0.39 is 49.5 Å². The van der Waals surface area contributed by atoms with E-state index >= 15 is 0 Å². The second kappa shape index (κ2) is 61.7. The van der Waals surface area contributed by atoms with Gasteiger partial charge in [0, 0.05) is 6.42 Å². The summed E-state index contributed by atoms with van der Waals surface area (Å²) in [4.78, 5) is 13.1. The first-order chi connectivity index (χ1) is 39.8. The van der Waals surface area contributed by atoms with Gasteiger partial charge in [0.25, 0.3) is 0 Å². The molecule has 0 aromatic heterocycles. The highest BCUT2D eigenvalue weighted by Crippen LogP contribution is 2.24. The van der Waals surface area contributed by atoms with Crippen LogP contribution < -0.4 is 5.32 Å². The van der Waals surface area contributed by atoms with Crippen LogP contribution in [0.2, 0.25) is 0 Å². The van der Waals surface area contributed by atoms with Crippen LogP contribution in [0.15, 0.2) is 24.3 Å². The Morgan fingerprint density at radius 2 is 0.704 bits per heavy atom. The molecule has 1 amide bonds. The van der Waals surface area contributed by atoms with Gasteiger partial charge in [0.05, 0.1) is 25.4 Å². The van der Waals surface area contributed by atoms with Crippen molar-refractivity contribution in [3.05, 3.63) is 24.3 Å². The van der Waals surface area contributed by atoms with Crippen LogP contribution >= 0.6 is 0 Å². The number of carbonyl (C=O) groups is 1. The molecule has 1 aliphatic rings. The number of ether oxygens (including phenoxy) is 2. The first-order valence-corrected chi connectivity index (χ1v) is 36.1. The maximum Gasteiger partial charge on any atom is 0.220 e. The van der Waals surface area contributed by atoms with Gasteiger partial charge in [-0.15, -0.1) is 0 Å². The summed E-state index contributed by atoms with van der Waals surface area (Å²) in [6.45, 7) is 3.81. The van der Waals surface area contributed by atoms with E-state index in [4.69, 9.17) is 9.47 Å². The quantitative estimate of drug-likeness (QED) is 0.0261. The second-order valence-electron chi connectivity index (χ2n) is 25.4. The smallest absolute Gasteiger partial charge is 0.220 e. The van der Waals surface area contributed by atoms with Crippen molar-refractivity contribution in [3.63, 3.8) is 0 Å². The Labute approximate surface area is 502 Å². The zero-order valence-corrected chi connectivity index (χ0v) is 53.8. The van der Waals surface area contributed by atoms with Crippen LogP contribution in [0.4, 0.5) is 0 Å². The number of allylic oxidation sites excluding steroid dienone is 3. The van der Waals surface area contributed by atoms with Crippen molar-refractivity contribution in [2.45, 2.75) is 416 Å². The third-order valence-electron chi connectivity index (χ3n) is 17.5. The fourth-order valence-electron chi connectivity index (χ4n) is 11.9. The van der Waals surface area contributed by atoms with Crippen molar-refractivity contribution < 1.29 is 39.8 Å². The molecule has 1 rings (SSSR count). The molecule has 0 bridgehead atoms. The predicted molar refractivity (Wildman–Crippen MR) is 346 cm³/mol. The molecule has 7 atom stereocenters. The summed E-state index contributed by atoms with van der Waals surface area (Å²) in [6, 6.07) is -0.819. The summed E-state index contributed by atoms with van der Waals surface area (Å²) in [7, 11) is 0.